The van der Waals surface area contributed by atoms with Crippen molar-refractivity contribution in [3.05, 3.63) is 30.1 Å². The van der Waals surface area contributed by atoms with Crippen LogP contribution in [-0.2, 0) is 17.8 Å². The molecule has 5 heteroatoms. The number of carbonyl (C=O) groups excluding carboxylic acids is 1. The molecular formula is C15H22N4O. The largest absolute Gasteiger partial charge is 0.355 e. The summed E-state index contributed by atoms with van der Waals surface area (Å²) in [4.78, 5) is 16.3. The minimum atomic E-state index is -0.139. The number of nitrogens with zero attached hydrogens (tertiary/aromatic N) is 2. The van der Waals surface area contributed by atoms with Gasteiger partial charge in [0, 0.05) is 32.0 Å². The minimum absolute atomic E-state index is 0.00617. The summed E-state index contributed by atoms with van der Waals surface area (Å²) in [5, 5.41) is 2.91. The summed E-state index contributed by atoms with van der Waals surface area (Å²) >= 11 is 0. The van der Waals surface area contributed by atoms with E-state index in [9.17, 15) is 4.79 Å². The molecule has 2 aromatic rings. The lowest BCUT2D eigenvalue weighted by Gasteiger charge is -2.10. The molecule has 3 N–H and O–H groups in total. The average molecular weight is 274 g/mol. The van der Waals surface area contributed by atoms with Crippen LogP contribution in [0.1, 0.15) is 19.7 Å². The van der Waals surface area contributed by atoms with Gasteiger partial charge in [-0.1, -0.05) is 19.1 Å². The Bertz CT molecular complexity index is 591. The lowest BCUT2D eigenvalue weighted by Crippen LogP contribution is -2.34. The summed E-state index contributed by atoms with van der Waals surface area (Å²) in [6.45, 7) is 5.78. The van der Waals surface area contributed by atoms with Gasteiger partial charge in [-0.25, -0.2) is 4.98 Å². The van der Waals surface area contributed by atoms with E-state index in [1.54, 1.807) is 0 Å². The van der Waals surface area contributed by atoms with E-state index in [1.165, 1.54) is 0 Å². The summed E-state index contributed by atoms with van der Waals surface area (Å²) in [7, 11) is 0. The van der Waals surface area contributed by atoms with Crippen molar-refractivity contribution in [1.82, 2.24) is 14.9 Å². The van der Waals surface area contributed by atoms with E-state index in [4.69, 9.17) is 5.73 Å². The van der Waals surface area contributed by atoms with Gasteiger partial charge in [-0.15, -0.1) is 0 Å². The number of hydrogen-bond donors (Lipinski definition) is 2. The molecule has 0 aliphatic rings. The van der Waals surface area contributed by atoms with Crippen molar-refractivity contribution in [3.8, 4) is 0 Å². The first-order valence-electron chi connectivity index (χ1n) is 7.09. The molecule has 1 atom stereocenters. The van der Waals surface area contributed by atoms with Gasteiger partial charge in [0.1, 0.15) is 5.82 Å². The fraction of sp³-hybridized carbons (Fsp3) is 0.467. The van der Waals surface area contributed by atoms with E-state index in [1.807, 2.05) is 25.1 Å². The predicted octanol–water partition coefficient (Wildman–Crippen LogP) is 1.31. The Balaban J connectivity index is 2.05. The van der Waals surface area contributed by atoms with Crippen molar-refractivity contribution < 1.29 is 4.79 Å². The Morgan fingerprint density at radius 1 is 1.45 bits per heavy atom. The number of benzene rings is 1. The Labute approximate surface area is 119 Å². The van der Waals surface area contributed by atoms with E-state index in [0.29, 0.717) is 13.1 Å². The van der Waals surface area contributed by atoms with Crippen LogP contribution in [0.4, 0.5) is 0 Å². The standard InChI is InChI=1S/C15H22N4O/c1-3-19-13-7-5-4-6-12(13)18-14(19)8-9-17-15(20)11(2)10-16/h4-7,11H,3,8-10,16H2,1-2H3,(H,17,20). The molecule has 0 spiro atoms. The third-order valence-electron chi connectivity index (χ3n) is 3.50. The molecule has 1 aromatic heterocycles. The van der Waals surface area contributed by atoms with E-state index >= 15 is 0 Å². The number of imidazole rings is 1. The molecule has 1 aromatic carbocycles. The van der Waals surface area contributed by atoms with Crippen molar-refractivity contribution in [1.29, 1.82) is 0 Å². The number of fused-ring (bicyclic) bond motifs is 1. The highest BCUT2D eigenvalue weighted by molar-refractivity contribution is 5.78. The van der Waals surface area contributed by atoms with E-state index in [0.717, 1.165) is 29.8 Å². The van der Waals surface area contributed by atoms with Gasteiger partial charge < -0.3 is 15.6 Å². The first-order valence-corrected chi connectivity index (χ1v) is 7.09. The minimum Gasteiger partial charge on any atom is -0.355 e. The third kappa shape index (κ3) is 2.99. The monoisotopic (exact) mass is 274 g/mol. The number of hydrogen-bond acceptors (Lipinski definition) is 3. The zero-order valence-corrected chi connectivity index (χ0v) is 12.1. The van der Waals surface area contributed by atoms with E-state index in [2.05, 4.69) is 27.9 Å². The van der Waals surface area contributed by atoms with Gasteiger partial charge in [0.2, 0.25) is 5.91 Å². The number of para-hydroxylation sites is 2. The number of amides is 1. The van der Waals surface area contributed by atoms with Crippen molar-refractivity contribution in [2.45, 2.75) is 26.8 Å². The summed E-state index contributed by atoms with van der Waals surface area (Å²) in [5.41, 5.74) is 7.63. The zero-order chi connectivity index (χ0) is 14.5. The average Bonchev–Trinajstić information content (AvgIpc) is 2.83. The van der Waals surface area contributed by atoms with Gasteiger partial charge in [-0.2, -0.15) is 0 Å². The molecular weight excluding hydrogens is 252 g/mol. The quantitative estimate of drug-likeness (QED) is 0.834. The van der Waals surface area contributed by atoms with Crippen LogP contribution in [-0.4, -0.2) is 28.5 Å². The molecule has 0 aliphatic heterocycles. The number of aryl methyl sites for hydroxylation is 1. The smallest absolute Gasteiger partial charge is 0.224 e. The van der Waals surface area contributed by atoms with Crippen LogP contribution in [0.3, 0.4) is 0 Å². The highest BCUT2D eigenvalue weighted by atomic mass is 16.1. The highest BCUT2D eigenvalue weighted by Crippen LogP contribution is 2.15. The molecule has 5 nitrogen and oxygen atoms in total. The fourth-order valence-corrected chi connectivity index (χ4v) is 2.25. The first-order chi connectivity index (χ1) is 9.67. The molecule has 1 heterocycles. The maximum Gasteiger partial charge on any atom is 0.224 e. The van der Waals surface area contributed by atoms with Crippen LogP contribution >= 0.6 is 0 Å². The van der Waals surface area contributed by atoms with E-state index < -0.39 is 0 Å². The molecule has 1 unspecified atom stereocenters. The lowest BCUT2D eigenvalue weighted by atomic mass is 10.2. The molecule has 0 radical (unpaired) electrons. The molecule has 0 bridgehead atoms. The summed E-state index contributed by atoms with van der Waals surface area (Å²) in [6.07, 6.45) is 0.728. The SMILES string of the molecule is CCn1c(CCNC(=O)C(C)CN)nc2ccccc21. The molecule has 2 rings (SSSR count). The number of nitrogens with one attached hydrogen (secondary N) is 1. The third-order valence-corrected chi connectivity index (χ3v) is 3.50. The number of nitrogens with two attached hydrogens (primary N) is 1. The second-order valence-electron chi connectivity index (χ2n) is 4.94. The Morgan fingerprint density at radius 2 is 2.20 bits per heavy atom. The van der Waals surface area contributed by atoms with E-state index in [-0.39, 0.29) is 11.8 Å². The lowest BCUT2D eigenvalue weighted by molar-refractivity contribution is -0.124. The Kier molecular flexibility index (Phi) is 4.74. The fourth-order valence-electron chi connectivity index (χ4n) is 2.25. The van der Waals surface area contributed by atoms with Crippen molar-refractivity contribution in [2.75, 3.05) is 13.1 Å². The topological polar surface area (TPSA) is 72.9 Å². The van der Waals surface area contributed by atoms with Crippen LogP contribution in [0.25, 0.3) is 11.0 Å². The molecule has 0 saturated heterocycles. The van der Waals surface area contributed by atoms with Crippen molar-refractivity contribution >= 4 is 16.9 Å². The van der Waals surface area contributed by atoms with Gasteiger partial charge in [-0.05, 0) is 19.1 Å². The number of aromatic nitrogens is 2. The van der Waals surface area contributed by atoms with Crippen LogP contribution in [0.5, 0.6) is 0 Å². The molecule has 108 valence electrons. The second kappa shape index (κ2) is 6.52. The normalized spacial score (nSPS) is 12.6. The maximum absolute atomic E-state index is 11.7. The molecule has 0 aliphatic carbocycles. The van der Waals surface area contributed by atoms with Gasteiger partial charge >= 0.3 is 0 Å². The maximum atomic E-state index is 11.7. The predicted molar refractivity (Wildman–Crippen MR) is 80.3 cm³/mol. The molecule has 0 fully saturated rings. The van der Waals surface area contributed by atoms with Crippen molar-refractivity contribution in [3.63, 3.8) is 0 Å². The zero-order valence-electron chi connectivity index (χ0n) is 12.1. The van der Waals surface area contributed by atoms with Gasteiger partial charge in [0.15, 0.2) is 0 Å². The summed E-state index contributed by atoms with van der Waals surface area (Å²) in [5.74, 6) is 0.876. The highest BCUT2D eigenvalue weighted by Gasteiger charge is 2.12. The van der Waals surface area contributed by atoms with Crippen LogP contribution < -0.4 is 11.1 Å². The van der Waals surface area contributed by atoms with Crippen LogP contribution in [0, 0.1) is 5.92 Å². The van der Waals surface area contributed by atoms with Crippen LogP contribution in [0.15, 0.2) is 24.3 Å². The first kappa shape index (κ1) is 14.5. The van der Waals surface area contributed by atoms with Crippen molar-refractivity contribution in [2.24, 2.45) is 11.7 Å². The molecule has 20 heavy (non-hydrogen) atoms. The Morgan fingerprint density at radius 3 is 2.90 bits per heavy atom. The van der Waals surface area contributed by atoms with Gasteiger partial charge in [-0.3, -0.25) is 4.79 Å². The second-order valence-corrected chi connectivity index (χ2v) is 4.94. The summed E-state index contributed by atoms with van der Waals surface area (Å²) in [6, 6.07) is 8.10. The van der Waals surface area contributed by atoms with Crippen LogP contribution in [0.2, 0.25) is 0 Å². The molecule has 1 amide bonds. The number of carbonyl (C=O) groups is 1. The van der Waals surface area contributed by atoms with Gasteiger partial charge in [0.05, 0.1) is 11.0 Å². The number of rotatable bonds is 6. The summed E-state index contributed by atoms with van der Waals surface area (Å²) < 4.78 is 2.19. The Hall–Kier alpha value is -1.88. The van der Waals surface area contributed by atoms with Gasteiger partial charge in [0.25, 0.3) is 0 Å². The molecule has 0 saturated carbocycles.